The first-order valence-electron chi connectivity index (χ1n) is 6.14. The first-order valence-corrected chi connectivity index (χ1v) is 6.14. The first-order chi connectivity index (χ1) is 10.0. The quantitative estimate of drug-likeness (QED) is 0.502. The molecule has 7 heteroatoms. The van der Waals surface area contributed by atoms with Gasteiger partial charge in [-0.3, -0.25) is 16.0 Å². The van der Waals surface area contributed by atoms with E-state index in [1.54, 1.807) is 19.1 Å². The molecule has 110 valence electrons. The summed E-state index contributed by atoms with van der Waals surface area (Å²) in [7, 11) is 0. The highest BCUT2D eigenvalue weighted by atomic mass is 19.1. The van der Waals surface area contributed by atoms with Gasteiger partial charge < -0.3 is 10.2 Å². The maximum atomic E-state index is 13.2. The monoisotopic (exact) mass is 291 g/mol. The molecule has 0 atom stereocenters. The fourth-order valence-corrected chi connectivity index (χ4v) is 1.83. The number of nitrogens with two attached hydrogens (primary N) is 1. The summed E-state index contributed by atoms with van der Waals surface area (Å²) in [5, 5.41) is 10.9. The Morgan fingerprint density at radius 1 is 1.33 bits per heavy atom. The largest absolute Gasteiger partial charge is 0.489 e. The van der Waals surface area contributed by atoms with Crippen LogP contribution in [0.4, 0.5) is 15.8 Å². The van der Waals surface area contributed by atoms with Crippen molar-refractivity contribution in [3.05, 3.63) is 63.5 Å². The minimum absolute atomic E-state index is 0.0932. The molecule has 0 saturated heterocycles. The number of nitrogen functional groups attached to an aromatic ring is 1. The lowest BCUT2D eigenvalue weighted by molar-refractivity contribution is -0.384. The van der Waals surface area contributed by atoms with E-state index < -0.39 is 10.7 Å². The number of ether oxygens (including phenoxy) is 1. The molecule has 0 aromatic heterocycles. The van der Waals surface area contributed by atoms with Gasteiger partial charge in [-0.05, 0) is 30.2 Å². The molecule has 0 aliphatic rings. The summed E-state index contributed by atoms with van der Waals surface area (Å²) >= 11 is 0. The van der Waals surface area contributed by atoms with Crippen LogP contribution in [0.5, 0.6) is 5.75 Å². The molecule has 6 nitrogen and oxygen atoms in total. The van der Waals surface area contributed by atoms with Crippen molar-refractivity contribution in [2.24, 2.45) is 5.84 Å². The van der Waals surface area contributed by atoms with E-state index in [0.29, 0.717) is 11.3 Å². The third-order valence-corrected chi connectivity index (χ3v) is 2.96. The lowest BCUT2D eigenvalue weighted by Gasteiger charge is -2.10. The number of hydrogen-bond donors (Lipinski definition) is 2. The van der Waals surface area contributed by atoms with Gasteiger partial charge in [0.2, 0.25) is 0 Å². The molecule has 3 N–H and O–H groups in total. The van der Waals surface area contributed by atoms with E-state index in [9.17, 15) is 14.5 Å². The van der Waals surface area contributed by atoms with Crippen LogP contribution in [0.15, 0.2) is 36.4 Å². The number of rotatable bonds is 5. The Morgan fingerprint density at radius 3 is 2.76 bits per heavy atom. The molecule has 0 bridgehead atoms. The topological polar surface area (TPSA) is 90.4 Å². The molecule has 0 aliphatic carbocycles. The van der Waals surface area contributed by atoms with Crippen molar-refractivity contribution in [2.75, 3.05) is 5.43 Å². The van der Waals surface area contributed by atoms with Crippen LogP contribution in [0.3, 0.4) is 0 Å². The van der Waals surface area contributed by atoms with Gasteiger partial charge in [0, 0.05) is 12.1 Å². The number of aryl methyl sites for hydroxylation is 1. The standard InChI is InChI=1S/C14H14FN3O3/c1-9-2-4-11(15)7-14(9)21-8-10-3-5-12(17-16)13(6-10)18(19)20/h2-7,17H,8,16H2,1H3. The van der Waals surface area contributed by atoms with Crippen LogP contribution in [0.1, 0.15) is 11.1 Å². The highest BCUT2D eigenvalue weighted by molar-refractivity contribution is 5.61. The highest BCUT2D eigenvalue weighted by Crippen LogP contribution is 2.26. The number of hydrogen-bond acceptors (Lipinski definition) is 5. The smallest absolute Gasteiger partial charge is 0.294 e. The molecule has 21 heavy (non-hydrogen) atoms. The van der Waals surface area contributed by atoms with Gasteiger partial charge in [-0.2, -0.15) is 0 Å². The summed E-state index contributed by atoms with van der Waals surface area (Å²) in [4.78, 5) is 10.4. The zero-order chi connectivity index (χ0) is 15.4. The van der Waals surface area contributed by atoms with Crippen molar-refractivity contribution in [2.45, 2.75) is 13.5 Å². The maximum Gasteiger partial charge on any atom is 0.294 e. The molecule has 2 aromatic carbocycles. The number of nitrogens with one attached hydrogen (secondary N) is 1. The van der Waals surface area contributed by atoms with E-state index in [4.69, 9.17) is 10.6 Å². The number of nitro groups is 1. The van der Waals surface area contributed by atoms with Gasteiger partial charge in [0.1, 0.15) is 23.9 Å². The third-order valence-electron chi connectivity index (χ3n) is 2.96. The van der Waals surface area contributed by atoms with Gasteiger partial charge in [0.25, 0.3) is 5.69 Å². The van der Waals surface area contributed by atoms with Crippen LogP contribution in [0.25, 0.3) is 0 Å². The Kier molecular flexibility index (Phi) is 4.34. The van der Waals surface area contributed by atoms with Gasteiger partial charge in [0.05, 0.1) is 4.92 Å². The lowest BCUT2D eigenvalue weighted by Crippen LogP contribution is -2.09. The van der Waals surface area contributed by atoms with E-state index >= 15 is 0 Å². The molecule has 0 amide bonds. The van der Waals surface area contributed by atoms with Crippen molar-refractivity contribution in [1.82, 2.24) is 0 Å². The molecule has 0 heterocycles. The molecule has 0 radical (unpaired) electrons. The number of halogens is 1. The summed E-state index contributed by atoms with van der Waals surface area (Å²) in [5.41, 5.74) is 3.70. The minimum atomic E-state index is -0.536. The van der Waals surface area contributed by atoms with Gasteiger partial charge in [-0.15, -0.1) is 0 Å². The van der Waals surface area contributed by atoms with Crippen molar-refractivity contribution in [3.63, 3.8) is 0 Å². The second-order valence-electron chi connectivity index (χ2n) is 4.45. The van der Waals surface area contributed by atoms with E-state index in [1.165, 1.54) is 24.3 Å². The van der Waals surface area contributed by atoms with Gasteiger partial charge in [0.15, 0.2) is 0 Å². The van der Waals surface area contributed by atoms with Crippen molar-refractivity contribution in [1.29, 1.82) is 0 Å². The average Bonchev–Trinajstić information content (AvgIpc) is 2.47. The highest BCUT2D eigenvalue weighted by Gasteiger charge is 2.14. The van der Waals surface area contributed by atoms with Crippen molar-refractivity contribution < 1.29 is 14.1 Å². The molecule has 2 rings (SSSR count). The van der Waals surface area contributed by atoms with E-state index in [2.05, 4.69) is 5.43 Å². The number of benzene rings is 2. The maximum absolute atomic E-state index is 13.2. The minimum Gasteiger partial charge on any atom is -0.489 e. The molecular weight excluding hydrogens is 277 g/mol. The van der Waals surface area contributed by atoms with Gasteiger partial charge in [-0.25, -0.2) is 4.39 Å². The van der Waals surface area contributed by atoms with Crippen molar-refractivity contribution in [3.8, 4) is 5.75 Å². The summed E-state index contributed by atoms with van der Waals surface area (Å²) in [6, 6.07) is 8.73. The van der Waals surface area contributed by atoms with Crippen LogP contribution in [-0.4, -0.2) is 4.92 Å². The van der Waals surface area contributed by atoms with Crippen LogP contribution in [0.2, 0.25) is 0 Å². The van der Waals surface area contributed by atoms with E-state index in [-0.39, 0.29) is 18.0 Å². The summed E-state index contributed by atoms with van der Waals surface area (Å²) < 4.78 is 18.6. The molecular formula is C14H14FN3O3. The summed E-state index contributed by atoms with van der Waals surface area (Å²) in [6.45, 7) is 1.88. The summed E-state index contributed by atoms with van der Waals surface area (Å²) in [5.74, 6) is 5.22. The second-order valence-corrected chi connectivity index (χ2v) is 4.45. The fourth-order valence-electron chi connectivity index (χ4n) is 1.83. The fraction of sp³-hybridized carbons (Fsp3) is 0.143. The van der Waals surface area contributed by atoms with Gasteiger partial charge in [-0.1, -0.05) is 12.1 Å². The van der Waals surface area contributed by atoms with E-state index in [1.807, 2.05) is 0 Å². The Hall–Kier alpha value is -2.67. The third kappa shape index (κ3) is 3.46. The predicted molar refractivity (Wildman–Crippen MR) is 76.4 cm³/mol. The molecule has 0 unspecified atom stereocenters. The van der Waals surface area contributed by atoms with Crippen LogP contribution in [0, 0.1) is 22.9 Å². The van der Waals surface area contributed by atoms with Crippen molar-refractivity contribution >= 4 is 11.4 Å². The number of nitro benzene ring substituents is 1. The van der Waals surface area contributed by atoms with E-state index in [0.717, 1.165) is 5.56 Å². The van der Waals surface area contributed by atoms with Gasteiger partial charge >= 0.3 is 0 Å². The van der Waals surface area contributed by atoms with Crippen LogP contribution < -0.4 is 16.0 Å². The number of nitrogens with zero attached hydrogens (tertiary/aromatic N) is 1. The number of anilines is 1. The second kappa shape index (κ2) is 6.19. The van der Waals surface area contributed by atoms with Crippen LogP contribution in [-0.2, 0) is 6.61 Å². The zero-order valence-electron chi connectivity index (χ0n) is 11.3. The van der Waals surface area contributed by atoms with Crippen LogP contribution >= 0.6 is 0 Å². The molecule has 0 aliphatic heterocycles. The normalized spacial score (nSPS) is 10.2. The predicted octanol–water partition coefficient (Wildman–Crippen LogP) is 2.91. The molecule has 2 aromatic rings. The summed E-state index contributed by atoms with van der Waals surface area (Å²) in [6.07, 6.45) is 0. The molecule has 0 saturated carbocycles. The molecule has 0 spiro atoms. The SMILES string of the molecule is Cc1ccc(F)cc1OCc1ccc(NN)c([N+](=O)[O-])c1. The Labute approximate surface area is 120 Å². The number of hydrazine groups is 1. The first kappa shape index (κ1) is 14.7. The lowest BCUT2D eigenvalue weighted by atomic mass is 10.2. The Morgan fingerprint density at radius 2 is 2.10 bits per heavy atom. The Bertz CT molecular complexity index is 677. The average molecular weight is 291 g/mol. The molecule has 0 fully saturated rings. The zero-order valence-corrected chi connectivity index (χ0v) is 11.3. The Balaban J connectivity index is 2.18.